The molecule has 0 spiro atoms. The highest BCUT2D eigenvalue weighted by molar-refractivity contribution is 5.79. The number of carbonyl (C=O) groups is 8. The van der Waals surface area contributed by atoms with Crippen LogP contribution in [-0.4, -0.2) is 168 Å². The van der Waals surface area contributed by atoms with Gasteiger partial charge in [-0.3, -0.25) is 38.4 Å². The first-order chi connectivity index (χ1) is 63.1. The van der Waals surface area contributed by atoms with Crippen molar-refractivity contribution in [2.24, 2.45) is 93.2 Å². The van der Waals surface area contributed by atoms with E-state index in [0.717, 1.165) is 230 Å². The topological polar surface area (TPSA) is 284 Å². The van der Waals surface area contributed by atoms with E-state index >= 15 is 0 Å². The Hall–Kier alpha value is -5.19. The maximum absolute atomic E-state index is 13.0. The molecule has 8 bridgehead atoms. The lowest BCUT2D eigenvalue weighted by Crippen LogP contribution is -2.50. The molecule has 11 aliphatic carbocycles. The van der Waals surface area contributed by atoms with Crippen molar-refractivity contribution in [1.82, 2.24) is 0 Å². The first-order valence-electron chi connectivity index (χ1n) is 50.9. The summed E-state index contributed by atoms with van der Waals surface area (Å²) < 4.78 is 199. The lowest BCUT2D eigenvalue weighted by molar-refractivity contribution is -0.245. The zero-order valence-corrected chi connectivity index (χ0v) is 84.6. The summed E-state index contributed by atoms with van der Waals surface area (Å²) in [5.74, 6) is 0.755. The van der Waals surface area contributed by atoms with Gasteiger partial charge in [0.2, 0.25) is 18.4 Å². The van der Waals surface area contributed by atoms with Gasteiger partial charge >= 0.3 is 66.3 Å². The van der Waals surface area contributed by atoms with Crippen LogP contribution in [0.4, 0.5) is 39.5 Å². The summed E-state index contributed by atoms with van der Waals surface area (Å²) in [7, 11) is 0. The number of hydrogen-bond acceptors (Lipinski definition) is 24. The van der Waals surface area contributed by atoms with Crippen molar-refractivity contribution in [3.63, 3.8) is 0 Å². The molecule has 782 valence electrons. The second kappa shape index (κ2) is 60.2. The van der Waals surface area contributed by atoms with Crippen LogP contribution in [-0.2, 0) is 114 Å². The molecular weight excluding hydrogens is 1770 g/mol. The number of carbonyl (C=O) groups excluding carboxylic acids is 8. The van der Waals surface area contributed by atoms with E-state index in [-0.39, 0.29) is 129 Å². The first kappa shape index (κ1) is 121. The zero-order chi connectivity index (χ0) is 100. The van der Waals surface area contributed by atoms with Crippen LogP contribution in [0.15, 0.2) is 0 Å². The maximum Gasteiger partial charge on any atom is 0.404 e. The van der Waals surface area contributed by atoms with Crippen molar-refractivity contribution in [1.29, 1.82) is 0 Å². The Morgan fingerprint density at radius 3 is 1.02 bits per heavy atom. The summed E-state index contributed by atoms with van der Waals surface area (Å²) in [6.07, 6.45) is 22.3. The first-order valence-corrected chi connectivity index (χ1v) is 50.9. The third-order valence-electron chi connectivity index (χ3n) is 29.4. The van der Waals surface area contributed by atoms with Crippen molar-refractivity contribution in [2.45, 2.75) is 456 Å². The Morgan fingerprint density at radius 1 is 0.351 bits per heavy atom. The third-order valence-corrected chi connectivity index (χ3v) is 29.4. The molecule has 13 fully saturated rings. The van der Waals surface area contributed by atoms with E-state index in [0.29, 0.717) is 24.5 Å². The fraction of sp³-hybridized carbons (Fsp3) is 0.921. The molecule has 0 aromatic heterocycles. The molecule has 0 aromatic rings. The lowest BCUT2D eigenvalue weighted by atomic mass is 9.55. The quantitative estimate of drug-likeness (QED) is 0.0185. The highest BCUT2D eigenvalue weighted by Gasteiger charge is 2.60. The Balaban J connectivity index is 0.000000323. The Kier molecular flexibility index (Phi) is 54.4. The van der Waals surface area contributed by atoms with Crippen molar-refractivity contribution >= 4 is 47.8 Å². The average Bonchev–Trinajstić information content (AvgIpc) is 0.817. The van der Waals surface area contributed by atoms with Crippen LogP contribution in [0, 0.1) is 93.2 Å². The molecule has 24 nitrogen and oxygen atoms in total. The minimum Gasteiger partial charge on any atom is -0.438 e. The smallest absolute Gasteiger partial charge is 0.404 e. The molecule has 12 unspecified atom stereocenters. The number of rotatable bonds is 36. The van der Waals surface area contributed by atoms with Crippen molar-refractivity contribution < 1.29 is 154 Å². The molecule has 2 aliphatic heterocycles. The summed E-state index contributed by atoms with van der Waals surface area (Å²) in [6, 6.07) is 0. The summed E-state index contributed by atoms with van der Waals surface area (Å²) in [6.45, 7) is 34.3. The standard InChI is InChI=1S/C17H25F3O3.C17H28O3.C13H21F3O3.2C13H24O3.C10H18O3.C9H15F3O3.C9H16O3/c1-3-16(2,17(18,19)20)15(21)23-9-22-14-12-5-10-4-11(7-12)8-13(14)6-10;1-4-10(2)17(18)20-11(3)19-16-14-6-12-5-13(8-14)9-15(16)7-12;1-3-12(2,13(14,15)16)11(17)19-9-18-10-7-5-4-6-8-10;1-4-10(2)13(14)16-11(3)15-12-8-6-5-7-9-12;1-4-11(3)12(14)16-13(15-5-2)9-7-6-8-10-13;1-3-8(2)10(11)13-9-6-4-5-7-12-9;1-4-8(3,9(10,11)12)7(13)15-6-14-5-2;1-3-7(2)9(10)12-8-5-4-6-11-8/h10-14H,3-9H2,1-2H3;10-16H,4-9H2,1-3H3;10H,3-9H2,1-2H3;10-12H,4-9H2,1-3H3;11H,4-10H2,1-3H3;8-9H,3-7H2,1-2H3;4-6H2,1-3H3;7-8H,3-6H2,1-2H3. The summed E-state index contributed by atoms with van der Waals surface area (Å²) >= 11 is 0. The van der Waals surface area contributed by atoms with Gasteiger partial charge in [0.1, 0.15) is 0 Å². The molecule has 12 atom stereocenters. The van der Waals surface area contributed by atoms with Gasteiger partial charge in [-0.05, 0) is 269 Å². The normalized spacial score (nSPS) is 27.4. The van der Waals surface area contributed by atoms with Crippen LogP contribution in [0.5, 0.6) is 0 Å². The molecule has 11 saturated carbocycles. The van der Waals surface area contributed by atoms with E-state index in [1.165, 1.54) is 85.0 Å². The molecule has 134 heavy (non-hydrogen) atoms. The van der Waals surface area contributed by atoms with Gasteiger partial charge in [-0.2, -0.15) is 39.5 Å². The van der Waals surface area contributed by atoms with Crippen LogP contribution in [0.1, 0.15) is 382 Å². The van der Waals surface area contributed by atoms with Gasteiger partial charge in [-0.1, -0.05) is 135 Å². The van der Waals surface area contributed by atoms with Gasteiger partial charge in [-0.25, -0.2) is 0 Å². The van der Waals surface area contributed by atoms with Crippen LogP contribution in [0.2, 0.25) is 0 Å². The van der Waals surface area contributed by atoms with Crippen molar-refractivity contribution in [3.05, 3.63) is 0 Å². The fourth-order valence-corrected chi connectivity index (χ4v) is 18.9. The molecule has 13 aliphatic rings. The van der Waals surface area contributed by atoms with Crippen LogP contribution in [0.25, 0.3) is 0 Å². The second-order valence-corrected chi connectivity index (χ2v) is 39.6. The lowest BCUT2D eigenvalue weighted by Gasteiger charge is -2.54. The highest BCUT2D eigenvalue weighted by Crippen LogP contribution is 2.57. The van der Waals surface area contributed by atoms with Crippen LogP contribution >= 0.6 is 0 Å². The fourth-order valence-electron chi connectivity index (χ4n) is 18.9. The number of halogens is 9. The van der Waals surface area contributed by atoms with E-state index in [9.17, 15) is 77.9 Å². The molecule has 0 N–H and O–H groups in total. The van der Waals surface area contributed by atoms with Crippen LogP contribution in [0.3, 0.4) is 0 Å². The number of hydrogen-bond donors (Lipinski definition) is 0. The third kappa shape index (κ3) is 39.4. The molecular formula is C101H171F9O24. The molecule has 0 amide bonds. The van der Waals surface area contributed by atoms with Gasteiger partial charge in [0.15, 0.2) is 49.2 Å². The predicted molar refractivity (Wildman–Crippen MR) is 484 cm³/mol. The Labute approximate surface area is 794 Å². The van der Waals surface area contributed by atoms with Crippen molar-refractivity contribution in [3.8, 4) is 0 Å². The van der Waals surface area contributed by atoms with Crippen LogP contribution < -0.4 is 0 Å². The van der Waals surface area contributed by atoms with Gasteiger partial charge in [-0.15, -0.1) is 0 Å². The summed E-state index contributed by atoms with van der Waals surface area (Å²) in [5.41, 5.74) is -7.37. The van der Waals surface area contributed by atoms with E-state index in [1.54, 1.807) is 6.92 Å². The summed E-state index contributed by atoms with van der Waals surface area (Å²) in [4.78, 5) is 92.4. The average molecular weight is 1940 g/mol. The molecule has 0 radical (unpaired) electrons. The largest absolute Gasteiger partial charge is 0.438 e. The Bertz CT molecular complexity index is 3290. The monoisotopic (exact) mass is 1940 g/mol. The highest BCUT2D eigenvalue weighted by atomic mass is 19.4. The van der Waals surface area contributed by atoms with E-state index in [1.807, 2.05) is 90.0 Å². The minimum absolute atomic E-state index is 0.000296. The Morgan fingerprint density at radius 2 is 0.679 bits per heavy atom. The van der Waals surface area contributed by atoms with Gasteiger partial charge in [0.25, 0.3) is 0 Å². The molecule has 33 heteroatoms. The summed E-state index contributed by atoms with van der Waals surface area (Å²) in [5, 5.41) is 0. The minimum atomic E-state index is -4.61. The predicted octanol–water partition coefficient (Wildman–Crippen LogP) is 24.7. The van der Waals surface area contributed by atoms with E-state index in [2.05, 4.69) is 14.2 Å². The SMILES string of the molecule is CCC(C)(C(=O)OCOC1C2CC3CC(C2)CC1C3)C(F)(F)F.CCC(C)(C(=O)OCOC1CCCCC1)C(F)(F)F.CCC(C)C(=O)OC(C)OC1C2CC3CC(C2)CC1C3.CCC(C)C(=O)OC(C)OC1CCCCC1.CCC(C)C(=O)OC1CCCCO1.CCC(C)C(=O)OC1CCCO1.CCOC1(OC(=O)C(C)CC)CCCCC1.CCOCOC(=O)C(C)(CC)C(F)(F)F. The molecule has 2 heterocycles. The molecule has 0 aromatic carbocycles. The molecule has 13 rings (SSSR count). The number of esters is 8. The number of alkyl halides is 9. The van der Waals surface area contributed by atoms with E-state index in [4.69, 9.17) is 61.6 Å². The maximum atomic E-state index is 13.0. The number of ether oxygens (including phenoxy) is 16. The molecule has 2 saturated heterocycles. The second-order valence-electron chi connectivity index (χ2n) is 39.6. The van der Waals surface area contributed by atoms with Gasteiger partial charge < -0.3 is 75.8 Å². The van der Waals surface area contributed by atoms with Gasteiger partial charge in [0, 0.05) is 38.9 Å². The van der Waals surface area contributed by atoms with Crippen molar-refractivity contribution in [2.75, 3.05) is 46.8 Å². The van der Waals surface area contributed by atoms with Gasteiger partial charge in [0.05, 0.1) is 67.2 Å². The zero-order valence-electron chi connectivity index (χ0n) is 84.6. The van der Waals surface area contributed by atoms with E-state index < -0.39 is 78.3 Å².